The van der Waals surface area contributed by atoms with Gasteiger partial charge in [0.1, 0.15) is 9.67 Å². The summed E-state index contributed by atoms with van der Waals surface area (Å²) in [5.74, 6) is 0. The Morgan fingerprint density at radius 1 is 0.889 bits per heavy atom. The summed E-state index contributed by atoms with van der Waals surface area (Å²) < 4.78 is 28.8. The lowest BCUT2D eigenvalue weighted by Crippen LogP contribution is -2.31. The van der Waals surface area contributed by atoms with Gasteiger partial charge in [0.15, 0.2) is 4.90 Å². The Kier molecular flexibility index (Phi) is 5.40. The lowest BCUT2D eigenvalue weighted by molar-refractivity contribution is 0.477. The van der Waals surface area contributed by atoms with E-state index in [1.807, 2.05) is 60.7 Å². The van der Waals surface area contributed by atoms with Crippen molar-refractivity contribution in [3.05, 3.63) is 65.3 Å². The SMILES string of the molecule is O=S(=O)(c1c(Nc2ccccc2)ssc1=Nc1ccccc1)N1CCCC1. The standard InChI is InChI=1S/C19H19N3O2S3/c23-27(24,22-13-7-8-14-22)17-18(20-15-9-3-1-4-10-15)25-26-19(17)21-16-11-5-2-6-12-16/h1-6,9-12,20H,7-8,13-14H2. The summed E-state index contributed by atoms with van der Waals surface area (Å²) in [6.45, 7) is 1.14. The fraction of sp³-hybridized carbons (Fsp3) is 0.211. The van der Waals surface area contributed by atoms with Crippen LogP contribution in [0.3, 0.4) is 0 Å². The number of nitrogens with zero attached hydrogens (tertiary/aromatic N) is 2. The second-order valence-electron chi connectivity index (χ2n) is 6.18. The molecule has 8 heteroatoms. The molecule has 140 valence electrons. The quantitative estimate of drug-likeness (QED) is 0.619. The maximum absolute atomic E-state index is 13.4. The number of para-hydroxylation sites is 2. The Morgan fingerprint density at radius 2 is 1.52 bits per heavy atom. The van der Waals surface area contributed by atoms with Crippen LogP contribution in [-0.2, 0) is 10.0 Å². The molecule has 0 unspecified atom stereocenters. The molecule has 3 aromatic rings. The predicted octanol–water partition coefficient (Wildman–Crippen LogP) is 4.57. The second-order valence-corrected chi connectivity index (χ2v) is 10.2. The molecule has 2 aromatic carbocycles. The summed E-state index contributed by atoms with van der Waals surface area (Å²) in [7, 11) is -0.809. The minimum absolute atomic E-state index is 0.284. The Hall–Kier alpha value is -2.00. The predicted molar refractivity (Wildman–Crippen MR) is 112 cm³/mol. The Balaban J connectivity index is 1.84. The normalized spacial score (nSPS) is 15.9. The molecule has 4 rings (SSSR count). The summed E-state index contributed by atoms with van der Waals surface area (Å²) in [6.07, 6.45) is 1.80. The van der Waals surface area contributed by atoms with Gasteiger partial charge < -0.3 is 5.32 Å². The van der Waals surface area contributed by atoms with Crippen LogP contribution in [0.25, 0.3) is 0 Å². The van der Waals surface area contributed by atoms with Crippen LogP contribution in [0.2, 0.25) is 0 Å². The van der Waals surface area contributed by atoms with E-state index in [0.717, 1.165) is 24.2 Å². The molecule has 27 heavy (non-hydrogen) atoms. The van der Waals surface area contributed by atoms with Crippen LogP contribution in [0.4, 0.5) is 16.4 Å². The van der Waals surface area contributed by atoms with Crippen molar-refractivity contribution in [1.29, 1.82) is 0 Å². The third kappa shape index (κ3) is 3.98. The lowest BCUT2D eigenvalue weighted by Gasteiger charge is -2.16. The molecule has 1 N–H and O–H groups in total. The van der Waals surface area contributed by atoms with Crippen molar-refractivity contribution >= 4 is 47.1 Å². The van der Waals surface area contributed by atoms with Crippen LogP contribution < -0.4 is 9.99 Å². The smallest absolute Gasteiger partial charge is 0.249 e. The topological polar surface area (TPSA) is 61.8 Å². The number of anilines is 2. The van der Waals surface area contributed by atoms with Gasteiger partial charge in [-0.2, -0.15) is 4.31 Å². The molecule has 0 spiro atoms. The van der Waals surface area contributed by atoms with Gasteiger partial charge in [0.2, 0.25) is 10.0 Å². The van der Waals surface area contributed by atoms with E-state index in [4.69, 9.17) is 0 Å². The minimum atomic E-state index is -3.60. The molecule has 1 fully saturated rings. The second kappa shape index (κ2) is 7.93. The number of nitrogens with one attached hydrogen (secondary N) is 1. The van der Waals surface area contributed by atoms with Crippen molar-refractivity contribution in [2.45, 2.75) is 17.7 Å². The molecule has 2 heterocycles. The first-order valence-electron chi connectivity index (χ1n) is 8.70. The third-order valence-corrected chi connectivity index (χ3v) is 8.74. The summed E-state index contributed by atoms with van der Waals surface area (Å²) in [6, 6.07) is 19.1. The molecule has 0 saturated carbocycles. The van der Waals surface area contributed by atoms with E-state index in [-0.39, 0.29) is 4.90 Å². The van der Waals surface area contributed by atoms with Crippen molar-refractivity contribution in [3.8, 4) is 0 Å². The first kappa shape index (κ1) is 18.4. The minimum Gasteiger partial charge on any atom is -0.345 e. The highest BCUT2D eigenvalue weighted by Gasteiger charge is 2.32. The van der Waals surface area contributed by atoms with Gasteiger partial charge in [0, 0.05) is 18.8 Å². The maximum Gasteiger partial charge on any atom is 0.249 e. The third-order valence-electron chi connectivity index (χ3n) is 4.29. The van der Waals surface area contributed by atoms with Gasteiger partial charge >= 0.3 is 0 Å². The summed E-state index contributed by atoms with van der Waals surface area (Å²) in [5, 5.41) is 3.89. The zero-order valence-electron chi connectivity index (χ0n) is 14.5. The highest BCUT2D eigenvalue weighted by Crippen LogP contribution is 2.33. The molecule has 0 radical (unpaired) electrons. The average Bonchev–Trinajstić information content (AvgIpc) is 3.35. The fourth-order valence-electron chi connectivity index (χ4n) is 2.96. The number of hydrogen-bond acceptors (Lipinski definition) is 6. The van der Waals surface area contributed by atoms with Crippen molar-refractivity contribution in [1.82, 2.24) is 4.31 Å². The molecule has 0 atom stereocenters. The molecular weight excluding hydrogens is 398 g/mol. The highest BCUT2D eigenvalue weighted by molar-refractivity contribution is 7.90. The van der Waals surface area contributed by atoms with Gasteiger partial charge in [-0.05, 0) is 37.1 Å². The van der Waals surface area contributed by atoms with Gasteiger partial charge in [0.05, 0.1) is 5.69 Å². The largest absolute Gasteiger partial charge is 0.345 e. The fourth-order valence-corrected chi connectivity index (χ4v) is 7.81. The van der Waals surface area contributed by atoms with Crippen LogP contribution in [0, 0.1) is 0 Å². The van der Waals surface area contributed by atoms with E-state index in [0.29, 0.717) is 22.8 Å². The van der Waals surface area contributed by atoms with E-state index in [1.54, 1.807) is 4.31 Å². The van der Waals surface area contributed by atoms with Crippen LogP contribution in [-0.4, -0.2) is 25.8 Å². The van der Waals surface area contributed by atoms with E-state index in [1.165, 1.54) is 20.7 Å². The first-order chi connectivity index (χ1) is 13.1. The van der Waals surface area contributed by atoms with Crippen LogP contribution in [0.5, 0.6) is 0 Å². The molecule has 1 aromatic heterocycles. The monoisotopic (exact) mass is 417 g/mol. The maximum atomic E-state index is 13.4. The Labute approximate surface area is 166 Å². The van der Waals surface area contributed by atoms with Crippen molar-refractivity contribution in [2.24, 2.45) is 4.99 Å². The van der Waals surface area contributed by atoms with Crippen molar-refractivity contribution in [2.75, 3.05) is 18.4 Å². The number of hydrogen-bond donors (Lipinski definition) is 1. The Bertz CT molecular complexity index is 1070. The van der Waals surface area contributed by atoms with E-state index >= 15 is 0 Å². The van der Waals surface area contributed by atoms with Gasteiger partial charge in [-0.25, -0.2) is 13.4 Å². The summed E-state index contributed by atoms with van der Waals surface area (Å²) in [4.78, 5) is 4.91. The first-order valence-corrected chi connectivity index (χ1v) is 12.3. The lowest BCUT2D eigenvalue weighted by atomic mass is 10.3. The van der Waals surface area contributed by atoms with E-state index < -0.39 is 10.0 Å². The summed E-state index contributed by atoms with van der Waals surface area (Å²) in [5.41, 5.74) is 1.60. The summed E-state index contributed by atoms with van der Waals surface area (Å²) >= 11 is 0. The van der Waals surface area contributed by atoms with Gasteiger partial charge in [-0.1, -0.05) is 57.1 Å². The van der Waals surface area contributed by atoms with Crippen molar-refractivity contribution < 1.29 is 8.42 Å². The van der Waals surface area contributed by atoms with Crippen LogP contribution in [0.1, 0.15) is 12.8 Å². The Morgan fingerprint density at radius 3 is 2.19 bits per heavy atom. The van der Waals surface area contributed by atoms with Crippen LogP contribution >= 0.6 is 20.7 Å². The average molecular weight is 418 g/mol. The molecule has 0 aliphatic carbocycles. The molecule has 1 aliphatic rings. The number of sulfonamides is 1. The molecule has 0 amide bonds. The molecule has 1 aliphatic heterocycles. The molecule has 1 saturated heterocycles. The number of benzene rings is 2. The number of rotatable bonds is 5. The molecular formula is C19H19N3O2S3. The zero-order valence-corrected chi connectivity index (χ0v) is 17.0. The van der Waals surface area contributed by atoms with E-state index in [9.17, 15) is 8.42 Å². The van der Waals surface area contributed by atoms with Gasteiger partial charge in [-0.15, -0.1) is 0 Å². The van der Waals surface area contributed by atoms with Gasteiger partial charge in [-0.3, -0.25) is 0 Å². The van der Waals surface area contributed by atoms with Crippen molar-refractivity contribution in [3.63, 3.8) is 0 Å². The van der Waals surface area contributed by atoms with E-state index in [2.05, 4.69) is 10.3 Å². The molecule has 0 bridgehead atoms. The highest BCUT2D eigenvalue weighted by atomic mass is 32.9. The zero-order chi connectivity index (χ0) is 18.7. The van der Waals surface area contributed by atoms with Crippen LogP contribution in [0.15, 0.2) is 70.6 Å². The molecule has 5 nitrogen and oxygen atoms in total. The van der Waals surface area contributed by atoms with Gasteiger partial charge in [0.25, 0.3) is 0 Å².